The van der Waals surface area contributed by atoms with Crippen molar-refractivity contribution in [1.82, 2.24) is 4.98 Å². The van der Waals surface area contributed by atoms with Crippen molar-refractivity contribution in [3.8, 4) is 5.75 Å². The first kappa shape index (κ1) is 7.36. The van der Waals surface area contributed by atoms with Crippen LogP contribution in [0.1, 0.15) is 5.01 Å². The first-order valence-electron chi connectivity index (χ1n) is 3.48. The van der Waals surface area contributed by atoms with Crippen LogP contribution in [0.25, 0.3) is 0 Å². The molecule has 2 heterocycles. The van der Waals surface area contributed by atoms with Gasteiger partial charge in [0, 0.05) is 17.6 Å². The van der Waals surface area contributed by atoms with E-state index in [1.165, 1.54) is 0 Å². The number of ether oxygens (including phenoxy) is 1. The molecule has 4 heteroatoms. The smallest absolute Gasteiger partial charge is 0.158 e. The monoisotopic (exact) mass is 181 g/mol. The molecular formula is C8H7NO2S. The molecule has 0 saturated carbocycles. The third-order valence-electron chi connectivity index (χ3n) is 1.34. The van der Waals surface area contributed by atoms with E-state index in [2.05, 4.69) is 4.98 Å². The first-order chi connectivity index (χ1) is 5.95. The molecular weight excluding hydrogens is 174 g/mol. The molecule has 0 unspecified atom stereocenters. The minimum Gasteiger partial charge on any atom is -0.483 e. The molecule has 62 valence electrons. The second kappa shape index (κ2) is 3.40. The molecule has 0 aliphatic rings. The van der Waals surface area contributed by atoms with Gasteiger partial charge in [0.05, 0.1) is 6.26 Å². The van der Waals surface area contributed by atoms with Crippen LogP contribution in [0.4, 0.5) is 0 Å². The van der Waals surface area contributed by atoms with Gasteiger partial charge in [-0.2, -0.15) is 0 Å². The molecule has 0 aromatic carbocycles. The van der Waals surface area contributed by atoms with Crippen molar-refractivity contribution < 1.29 is 9.15 Å². The minimum absolute atomic E-state index is 0.511. The third kappa shape index (κ3) is 1.65. The Labute approximate surface area is 73.6 Å². The molecule has 0 atom stereocenters. The Morgan fingerprint density at radius 1 is 1.58 bits per heavy atom. The van der Waals surface area contributed by atoms with Crippen molar-refractivity contribution in [2.75, 3.05) is 0 Å². The van der Waals surface area contributed by atoms with E-state index in [1.54, 1.807) is 36.1 Å². The summed E-state index contributed by atoms with van der Waals surface area (Å²) in [6.07, 6.45) is 4.91. The third-order valence-corrected chi connectivity index (χ3v) is 2.09. The second-order valence-corrected chi connectivity index (χ2v) is 3.15. The highest BCUT2D eigenvalue weighted by atomic mass is 32.1. The number of rotatable bonds is 3. The fraction of sp³-hybridized carbons (Fsp3) is 0.125. The highest BCUT2D eigenvalue weighted by Gasteiger charge is 1.97. The Morgan fingerprint density at radius 3 is 3.25 bits per heavy atom. The normalized spacial score (nSPS) is 10.0. The van der Waals surface area contributed by atoms with Crippen LogP contribution >= 0.6 is 11.3 Å². The number of nitrogens with zero attached hydrogens (tertiary/aromatic N) is 1. The van der Waals surface area contributed by atoms with E-state index >= 15 is 0 Å². The van der Waals surface area contributed by atoms with E-state index in [0.717, 1.165) is 10.8 Å². The van der Waals surface area contributed by atoms with Gasteiger partial charge in [-0.15, -0.1) is 11.3 Å². The van der Waals surface area contributed by atoms with Gasteiger partial charge in [0.1, 0.15) is 17.9 Å². The van der Waals surface area contributed by atoms with Gasteiger partial charge in [0.2, 0.25) is 0 Å². The first-order valence-corrected chi connectivity index (χ1v) is 4.36. The number of aromatic nitrogens is 1. The van der Waals surface area contributed by atoms with Crippen LogP contribution in [0.15, 0.2) is 34.6 Å². The van der Waals surface area contributed by atoms with E-state index in [9.17, 15) is 0 Å². The van der Waals surface area contributed by atoms with Crippen LogP contribution in [0.3, 0.4) is 0 Å². The Hall–Kier alpha value is -1.29. The standard InChI is InChI=1S/C8H7NO2S/c1-3-10-5-7(1)11-6-8-9-2-4-12-8/h1-5H,6H2. The molecule has 0 radical (unpaired) electrons. The molecule has 0 amide bonds. The molecule has 2 aromatic heterocycles. The molecule has 2 rings (SSSR count). The fourth-order valence-corrected chi connectivity index (χ4v) is 1.33. The van der Waals surface area contributed by atoms with Crippen molar-refractivity contribution >= 4 is 11.3 Å². The molecule has 0 spiro atoms. The predicted octanol–water partition coefficient (Wildman–Crippen LogP) is 2.32. The van der Waals surface area contributed by atoms with Crippen molar-refractivity contribution in [2.24, 2.45) is 0 Å². The summed E-state index contributed by atoms with van der Waals surface area (Å²) in [6, 6.07) is 1.77. The van der Waals surface area contributed by atoms with E-state index in [4.69, 9.17) is 9.15 Å². The average molecular weight is 181 g/mol. The predicted molar refractivity (Wildman–Crippen MR) is 45.2 cm³/mol. The average Bonchev–Trinajstić information content (AvgIpc) is 2.74. The largest absolute Gasteiger partial charge is 0.483 e. The summed E-state index contributed by atoms with van der Waals surface area (Å²) in [5, 5.41) is 2.89. The van der Waals surface area contributed by atoms with Gasteiger partial charge < -0.3 is 9.15 Å². The summed E-state index contributed by atoms with van der Waals surface area (Å²) in [6.45, 7) is 0.511. The summed E-state index contributed by atoms with van der Waals surface area (Å²) >= 11 is 1.58. The zero-order chi connectivity index (χ0) is 8.23. The lowest BCUT2D eigenvalue weighted by Crippen LogP contribution is -1.92. The Balaban J connectivity index is 1.91. The van der Waals surface area contributed by atoms with Crippen molar-refractivity contribution in [3.63, 3.8) is 0 Å². The second-order valence-electron chi connectivity index (χ2n) is 2.17. The highest BCUT2D eigenvalue weighted by molar-refractivity contribution is 7.09. The molecule has 2 aromatic rings. The summed E-state index contributed by atoms with van der Waals surface area (Å²) in [5.74, 6) is 0.741. The van der Waals surface area contributed by atoms with Gasteiger partial charge in [-0.1, -0.05) is 0 Å². The van der Waals surface area contributed by atoms with E-state index in [1.807, 2.05) is 5.38 Å². The maximum Gasteiger partial charge on any atom is 0.158 e. The lowest BCUT2D eigenvalue weighted by molar-refractivity contribution is 0.302. The number of furan rings is 1. The number of thiazole rings is 1. The zero-order valence-electron chi connectivity index (χ0n) is 6.27. The van der Waals surface area contributed by atoms with Crippen LogP contribution in [0.2, 0.25) is 0 Å². The summed E-state index contributed by atoms with van der Waals surface area (Å²) in [7, 11) is 0. The quantitative estimate of drug-likeness (QED) is 0.728. The van der Waals surface area contributed by atoms with E-state index in [-0.39, 0.29) is 0 Å². The van der Waals surface area contributed by atoms with Gasteiger partial charge in [0.15, 0.2) is 5.75 Å². The van der Waals surface area contributed by atoms with Crippen LogP contribution in [0, 0.1) is 0 Å². The maximum atomic E-state index is 5.34. The summed E-state index contributed by atoms with van der Waals surface area (Å²) in [5.41, 5.74) is 0. The Kier molecular flexibility index (Phi) is 2.09. The van der Waals surface area contributed by atoms with Gasteiger partial charge in [0.25, 0.3) is 0 Å². The SMILES string of the molecule is c1csc(COc2ccoc2)n1. The molecule has 0 N–H and O–H groups in total. The molecule has 0 aliphatic heterocycles. The zero-order valence-corrected chi connectivity index (χ0v) is 7.08. The fourth-order valence-electron chi connectivity index (χ4n) is 0.803. The Bertz CT molecular complexity index is 280. The highest BCUT2D eigenvalue weighted by Crippen LogP contribution is 2.13. The van der Waals surface area contributed by atoms with Crippen LogP contribution in [-0.4, -0.2) is 4.98 Å². The van der Waals surface area contributed by atoms with E-state index < -0.39 is 0 Å². The molecule has 0 bridgehead atoms. The topological polar surface area (TPSA) is 35.3 Å². The van der Waals surface area contributed by atoms with Crippen molar-refractivity contribution in [2.45, 2.75) is 6.61 Å². The molecule has 12 heavy (non-hydrogen) atoms. The number of hydrogen-bond acceptors (Lipinski definition) is 4. The van der Waals surface area contributed by atoms with Gasteiger partial charge in [-0.05, 0) is 0 Å². The molecule has 0 aliphatic carbocycles. The van der Waals surface area contributed by atoms with E-state index in [0.29, 0.717) is 6.61 Å². The van der Waals surface area contributed by atoms with Crippen molar-refractivity contribution in [1.29, 1.82) is 0 Å². The summed E-state index contributed by atoms with van der Waals surface area (Å²) in [4.78, 5) is 4.08. The number of hydrogen-bond donors (Lipinski definition) is 0. The van der Waals surface area contributed by atoms with Crippen LogP contribution in [-0.2, 0) is 6.61 Å². The van der Waals surface area contributed by atoms with Gasteiger partial charge in [-0.3, -0.25) is 0 Å². The Morgan fingerprint density at radius 2 is 2.58 bits per heavy atom. The molecule has 0 fully saturated rings. The van der Waals surface area contributed by atoms with Crippen LogP contribution < -0.4 is 4.74 Å². The summed E-state index contributed by atoms with van der Waals surface area (Å²) < 4.78 is 10.2. The molecule has 3 nitrogen and oxygen atoms in total. The lowest BCUT2D eigenvalue weighted by Gasteiger charge is -1.97. The van der Waals surface area contributed by atoms with Gasteiger partial charge in [-0.25, -0.2) is 4.98 Å². The van der Waals surface area contributed by atoms with Gasteiger partial charge >= 0.3 is 0 Å². The van der Waals surface area contributed by atoms with Crippen molar-refractivity contribution in [3.05, 3.63) is 35.2 Å². The maximum absolute atomic E-state index is 5.34. The minimum atomic E-state index is 0.511. The van der Waals surface area contributed by atoms with Crippen LogP contribution in [0.5, 0.6) is 5.75 Å². The molecule has 0 saturated heterocycles. The lowest BCUT2D eigenvalue weighted by atomic mass is 10.6.